The Balaban J connectivity index is 2.88. The van der Waals surface area contributed by atoms with Crippen LogP contribution in [-0.4, -0.2) is 17.2 Å². The molecule has 0 aliphatic carbocycles. The molecule has 15 heavy (non-hydrogen) atoms. The number of benzene rings is 1. The molecule has 0 aliphatic heterocycles. The first kappa shape index (κ1) is 11.7. The van der Waals surface area contributed by atoms with E-state index in [0.29, 0.717) is 11.5 Å². The average molecular weight is 231 g/mol. The molecule has 82 valence electrons. The maximum absolute atomic E-state index is 10.6. The van der Waals surface area contributed by atoms with Crippen LogP contribution in [0.15, 0.2) is 18.2 Å². The number of carbonyl (C=O) groups is 1. The van der Waals surface area contributed by atoms with Gasteiger partial charge in [0.2, 0.25) is 0 Å². The highest BCUT2D eigenvalue weighted by Crippen LogP contribution is 2.25. The second-order valence-corrected chi connectivity index (χ2v) is 3.26. The molecule has 0 bridgehead atoms. The number of carboxylic acid groups (broad SMARTS) is 1. The fraction of sp³-hybridized carbons (Fsp3) is 0.300. The summed E-state index contributed by atoms with van der Waals surface area (Å²) in [5.74, 6) is -0.162. The van der Waals surface area contributed by atoms with Crippen molar-refractivity contribution in [3.63, 3.8) is 0 Å². The van der Waals surface area contributed by atoms with Gasteiger partial charge in [0.1, 0.15) is 23.4 Å². The molecule has 1 unspecified atom stereocenters. The minimum Gasteiger partial charge on any atom is -0.479 e. The quantitative estimate of drug-likeness (QED) is 0.863. The number of hydrogen-bond donors (Lipinski definition) is 1. The van der Waals surface area contributed by atoms with Crippen molar-refractivity contribution in [3.8, 4) is 11.5 Å². The molecule has 0 spiro atoms. The van der Waals surface area contributed by atoms with Gasteiger partial charge >= 0.3 is 5.97 Å². The van der Waals surface area contributed by atoms with E-state index in [1.807, 2.05) is 6.92 Å². The smallest absolute Gasteiger partial charge is 0.344 e. The lowest BCUT2D eigenvalue weighted by atomic mass is 10.2. The first-order chi connectivity index (χ1) is 7.04. The van der Waals surface area contributed by atoms with Crippen LogP contribution in [0, 0.1) is 6.92 Å². The van der Waals surface area contributed by atoms with E-state index in [9.17, 15) is 4.79 Å². The van der Waals surface area contributed by atoms with Crippen molar-refractivity contribution in [2.45, 2.75) is 20.0 Å². The molecular weight excluding hydrogens is 220 g/mol. The van der Waals surface area contributed by atoms with Crippen molar-refractivity contribution < 1.29 is 18.9 Å². The topological polar surface area (TPSA) is 55.8 Å². The Morgan fingerprint density at radius 2 is 2.20 bits per heavy atom. The van der Waals surface area contributed by atoms with Crippen molar-refractivity contribution in [3.05, 3.63) is 23.8 Å². The summed E-state index contributed by atoms with van der Waals surface area (Å²) in [7, 11) is 0. The molecule has 5 heteroatoms. The second-order valence-electron chi connectivity index (χ2n) is 3.10. The van der Waals surface area contributed by atoms with E-state index in [2.05, 4.69) is 4.29 Å². The number of aliphatic carboxylic acids is 1. The molecule has 1 atom stereocenters. The third-order valence-electron chi connectivity index (χ3n) is 1.90. The largest absolute Gasteiger partial charge is 0.479 e. The number of carboxylic acids is 1. The van der Waals surface area contributed by atoms with E-state index in [-0.39, 0.29) is 0 Å². The summed E-state index contributed by atoms with van der Waals surface area (Å²) in [6.45, 7) is 3.26. The average Bonchev–Trinajstić information content (AvgIpc) is 2.21. The Kier molecular flexibility index (Phi) is 3.80. The standard InChI is InChI=1S/C10H11ClO4/c1-6-3-4-8(15-11)5-9(6)14-7(2)10(12)13/h3-5,7H,1-2H3,(H,12,13). The van der Waals surface area contributed by atoms with Gasteiger partial charge in [-0.25, -0.2) is 4.79 Å². The fourth-order valence-electron chi connectivity index (χ4n) is 0.996. The third kappa shape index (κ3) is 3.02. The molecule has 0 fully saturated rings. The number of hydrogen-bond acceptors (Lipinski definition) is 3. The van der Waals surface area contributed by atoms with Crippen LogP contribution in [0.2, 0.25) is 0 Å². The van der Waals surface area contributed by atoms with Crippen molar-refractivity contribution in [1.82, 2.24) is 0 Å². The number of aryl methyl sites for hydroxylation is 1. The molecule has 0 aliphatic rings. The van der Waals surface area contributed by atoms with Gasteiger partial charge in [0.15, 0.2) is 6.10 Å². The number of halogens is 1. The van der Waals surface area contributed by atoms with Crippen LogP contribution in [0.5, 0.6) is 11.5 Å². The van der Waals surface area contributed by atoms with E-state index in [1.165, 1.54) is 6.92 Å². The lowest BCUT2D eigenvalue weighted by molar-refractivity contribution is -0.144. The van der Waals surface area contributed by atoms with Crippen LogP contribution in [-0.2, 0) is 4.79 Å². The van der Waals surface area contributed by atoms with Gasteiger partial charge in [-0.3, -0.25) is 0 Å². The summed E-state index contributed by atoms with van der Waals surface area (Å²) in [5, 5.41) is 8.68. The molecule has 0 amide bonds. The maximum atomic E-state index is 10.6. The van der Waals surface area contributed by atoms with E-state index in [4.69, 9.17) is 21.7 Å². The van der Waals surface area contributed by atoms with Gasteiger partial charge in [-0.15, -0.1) is 0 Å². The predicted molar refractivity (Wildman–Crippen MR) is 55.4 cm³/mol. The lowest BCUT2D eigenvalue weighted by Crippen LogP contribution is -2.23. The maximum Gasteiger partial charge on any atom is 0.344 e. The van der Waals surface area contributed by atoms with Crippen LogP contribution in [0.4, 0.5) is 0 Å². The minimum atomic E-state index is -1.02. The molecule has 0 saturated carbocycles. The molecule has 1 aromatic carbocycles. The Hall–Kier alpha value is -1.42. The second kappa shape index (κ2) is 4.89. The highest BCUT2D eigenvalue weighted by molar-refractivity contribution is 6.09. The van der Waals surface area contributed by atoms with Gasteiger partial charge in [0.25, 0.3) is 0 Å². The Bertz CT molecular complexity index is 364. The third-order valence-corrected chi connectivity index (χ3v) is 2.08. The Morgan fingerprint density at radius 3 is 2.73 bits per heavy atom. The van der Waals surface area contributed by atoms with Gasteiger partial charge in [-0.05, 0) is 25.5 Å². The normalized spacial score (nSPS) is 11.9. The molecule has 1 rings (SSSR count). The highest BCUT2D eigenvalue weighted by atomic mass is 35.5. The van der Waals surface area contributed by atoms with Crippen LogP contribution in [0.1, 0.15) is 12.5 Å². The summed E-state index contributed by atoms with van der Waals surface area (Å²) in [4.78, 5) is 10.6. The van der Waals surface area contributed by atoms with Crippen molar-refractivity contribution in [2.75, 3.05) is 0 Å². The highest BCUT2D eigenvalue weighted by Gasteiger charge is 2.14. The van der Waals surface area contributed by atoms with Crippen molar-refractivity contribution in [1.29, 1.82) is 0 Å². The monoisotopic (exact) mass is 230 g/mol. The first-order valence-electron chi connectivity index (χ1n) is 4.33. The van der Waals surface area contributed by atoms with Crippen molar-refractivity contribution in [2.24, 2.45) is 0 Å². The van der Waals surface area contributed by atoms with Crippen LogP contribution < -0.4 is 9.03 Å². The first-order valence-corrected chi connectivity index (χ1v) is 4.64. The van der Waals surface area contributed by atoms with Gasteiger partial charge < -0.3 is 14.1 Å². The summed E-state index contributed by atoms with van der Waals surface area (Å²) in [5.41, 5.74) is 0.820. The molecule has 0 radical (unpaired) electrons. The van der Waals surface area contributed by atoms with Crippen LogP contribution in [0.25, 0.3) is 0 Å². The molecule has 1 aromatic rings. The van der Waals surface area contributed by atoms with Crippen molar-refractivity contribution >= 4 is 17.8 Å². The Labute approximate surface area is 92.5 Å². The van der Waals surface area contributed by atoms with Gasteiger partial charge in [0, 0.05) is 6.07 Å². The number of ether oxygens (including phenoxy) is 1. The minimum absolute atomic E-state index is 0.412. The summed E-state index contributed by atoms with van der Waals surface area (Å²) >= 11 is 5.18. The Morgan fingerprint density at radius 1 is 1.53 bits per heavy atom. The molecule has 0 heterocycles. The van der Waals surface area contributed by atoms with Crippen LogP contribution in [0.3, 0.4) is 0 Å². The molecule has 0 aromatic heterocycles. The summed E-state index contributed by atoms with van der Waals surface area (Å²) in [6.07, 6.45) is -0.908. The van der Waals surface area contributed by atoms with E-state index < -0.39 is 12.1 Å². The number of rotatable bonds is 4. The van der Waals surface area contributed by atoms with E-state index in [1.54, 1.807) is 18.2 Å². The van der Waals surface area contributed by atoms with Gasteiger partial charge in [-0.2, -0.15) is 0 Å². The molecule has 0 saturated heterocycles. The zero-order chi connectivity index (χ0) is 11.4. The fourth-order valence-corrected chi connectivity index (χ4v) is 1.09. The van der Waals surface area contributed by atoms with Gasteiger partial charge in [-0.1, -0.05) is 6.07 Å². The van der Waals surface area contributed by atoms with E-state index in [0.717, 1.165) is 5.56 Å². The summed E-state index contributed by atoms with van der Waals surface area (Å²) < 4.78 is 9.71. The molecule has 1 N–H and O–H groups in total. The SMILES string of the molecule is Cc1ccc(OCl)cc1OC(C)C(=O)O. The molecule has 4 nitrogen and oxygen atoms in total. The van der Waals surface area contributed by atoms with Crippen LogP contribution >= 0.6 is 11.9 Å². The zero-order valence-corrected chi connectivity index (χ0v) is 9.12. The summed E-state index contributed by atoms with van der Waals surface area (Å²) in [6, 6.07) is 4.95. The van der Waals surface area contributed by atoms with E-state index >= 15 is 0 Å². The zero-order valence-electron chi connectivity index (χ0n) is 8.36. The molecular formula is C10H11ClO4. The van der Waals surface area contributed by atoms with Gasteiger partial charge in [0.05, 0.1) is 0 Å². The predicted octanol–water partition coefficient (Wildman–Crippen LogP) is 2.38. The lowest BCUT2D eigenvalue weighted by Gasteiger charge is -2.12.